The van der Waals surface area contributed by atoms with Gasteiger partial charge < -0.3 is 9.72 Å². The van der Waals surface area contributed by atoms with E-state index in [4.69, 9.17) is 0 Å². The Kier molecular flexibility index (Phi) is 5.96. The Labute approximate surface area is 175 Å². The number of pyridine rings is 1. The Morgan fingerprint density at radius 2 is 1.83 bits per heavy atom. The summed E-state index contributed by atoms with van der Waals surface area (Å²) in [5, 5.41) is 3.02. The number of nitrogens with one attached hydrogen (secondary N) is 1. The molecule has 2 aromatic carbocycles. The van der Waals surface area contributed by atoms with E-state index in [1.165, 1.54) is 5.56 Å². The number of fused-ring (bicyclic) bond motifs is 1. The number of hydrogen-bond acceptors (Lipinski definition) is 3. The Bertz CT molecular complexity index is 1090. The van der Waals surface area contributed by atoms with Crippen LogP contribution in [0.5, 0.6) is 0 Å². The molecule has 0 atom stereocenters. The smallest absolute Gasteiger partial charge is 0.256 e. The molecule has 0 bridgehead atoms. The zero-order chi connectivity index (χ0) is 20.1. The molecule has 2 heterocycles. The molecule has 2 aromatic heterocycles. The van der Waals surface area contributed by atoms with Crippen LogP contribution >= 0.6 is 11.8 Å². The number of carbonyl (C=O) groups is 1. The molecule has 0 aliphatic carbocycles. The summed E-state index contributed by atoms with van der Waals surface area (Å²) in [5.74, 6) is 0.615. The molecule has 0 unspecified atom stereocenters. The van der Waals surface area contributed by atoms with Gasteiger partial charge in [-0.25, -0.2) is 4.98 Å². The van der Waals surface area contributed by atoms with E-state index in [0.29, 0.717) is 11.3 Å². The van der Waals surface area contributed by atoms with Gasteiger partial charge in [0.1, 0.15) is 5.65 Å². The number of hydrogen-bond donors (Lipinski definition) is 1. The van der Waals surface area contributed by atoms with Gasteiger partial charge in [0.15, 0.2) is 0 Å². The van der Waals surface area contributed by atoms with Crippen LogP contribution in [-0.2, 0) is 12.2 Å². The SMILES string of the molecule is CCCc1ccc(NC(=O)c2ccccc2SCc2cn3ccccc3n2)cc1. The lowest BCUT2D eigenvalue weighted by molar-refractivity contribution is 0.102. The molecule has 0 saturated carbocycles. The van der Waals surface area contributed by atoms with Crippen LogP contribution in [0.2, 0.25) is 0 Å². The molecular weight excluding hydrogens is 378 g/mol. The predicted octanol–water partition coefficient (Wildman–Crippen LogP) is 5.83. The topological polar surface area (TPSA) is 46.4 Å². The van der Waals surface area contributed by atoms with Crippen molar-refractivity contribution in [3.05, 3.63) is 95.9 Å². The van der Waals surface area contributed by atoms with Crippen LogP contribution in [0, 0.1) is 0 Å². The maximum absolute atomic E-state index is 12.9. The molecule has 1 N–H and O–H groups in total. The van der Waals surface area contributed by atoms with E-state index in [9.17, 15) is 4.79 Å². The normalized spacial score (nSPS) is 10.9. The minimum Gasteiger partial charge on any atom is -0.322 e. The zero-order valence-corrected chi connectivity index (χ0v) is 17.2. The van der Waals surface area contributed by atoms with Gasteiger partial charge in [0.25, 0.3) is 5.91 Å². The molecular formula is C24H23N3OS. The number of amides is 1. The van der Waals surface area contributed by atoms with Gasteiger partial charge in [0, 0.05) is 28.7 Å². The Morgan fingerprint density at radius 3 is 2.62 bits per heavy atom. The summed E-state index contributed by atoms with van der Waals surface area (Å²) in [4.78, 5) is 18.4. The minimum absolute atomic E-state index is 0.0913. The van der Waals surface area contributed by atoms with Gasteiger partial charge in [-0.15, -0.1) is 11.8 Å². The van der Waals surface area contributed by atoms with Crippen molar-refractivity contribution in [3.8, 4) is 0 Å². The molecule has 0 saturated heterocycles. The number of rotatable bonds is 7. The second-order valence-electron chi connectivity index (χ2n) is 6.88. The number of aryl methyl sites for hydroxylation is 1. The first kappa shape index (κ1) is 19.3. The third-order valence-electron chi connectivity index (χ3n) is 4.67. The Balaban J connectivity index is 1.46. The minimum atomic E-state index is -0.0913. The van der Waals surface area contributed by atoms with E-state index < -0.39 is 0 Å². The van der Waals surface area contributed by atoms with E-state index in [1.54, 1.807) is 11.8 Å². The van der Waals surface area contributed by atoms with Crippen molar-refractivity contribution in [2.75, 3.05) is 5.32 Å². The van der Waals surface area contributed by atoms with Gasteiger partial charge >= 0.3 is 0 Å². The van der Waals surface area contributed by atoms with Gasteiger partial charge in [0.05, 0.1) is 11.3 Å². The van der Waals surface area contributed by atoms with Crippen LogP contribution in [0.4, 0.5) is 5.69 Å². The number of carbonyl (C=O) groups excluding carboxylic acids is 1. The quantitative estimate of drug-likeness (QED) is 0.396. The predicted molar refractivity (Wildman–Crippen MR) is 120 cm³/mol. The van der Waals surface area contributed by atoms with Crippen LogP contribution in [-0.4, -0.2) is 15.3 Å². The summed E-state index contributed by atoms with van der Waals surface area (Å²) in [5.41, 5.74) is 4.70. The zero-order valence-electron chi connectivity index (χ0n) is 16.3. The van der Waals surface area contributed by atoms with Crippen LogP contribution < -0.4 is 5.32 Å². The highest BCUT2D eigenvalue weighted by Gasteiger charge is 2.12. The van der Waals surface area contributed by atoms with E-state index >= 15 is 0 Å². The van der Waals surface area contributed by atoms with Crippen molar-refractivity contribution in [1.29, 1.82) is 0 Å². The fraction of sp³-hybridized carbons (Fsp3) is 0.167. The highest BCUT2D eigenvalue weighted by molar-refractivity contribution is 7.98. The van der Waals surface area contributed by atoms with E-state index in [0.717, 1.165) is 34.8 Å². The molecule has 0 aliphatic heterocycles. The number of benzene rings is 2. The number of anilines is 1. The van der Waals surface area contributed by atoms with Gasteiger partial charge in [0.2, 0.25) is 0 Å². The molecule has 0 radical (unpaired) electrons. The Morgan fingerprint density at radius 1 is 1.03 bits per heavy atom. The monoisotopic (exact) mass is 401 g/mol. The summed E-state index contributed by atoms with van der Waals surface area (Å²) >= 11 is 1.63. The maximum atomic E-state index is 12.9. The second kappa shape index (κ2) is 8.97. The van der Waals surface area contributed by atoms with Crippen molar-refractivity contribution in [2.24, 2.45) is 0 Å². The lowest BCUT2D eigenvalue weighted by atomic mass is 10.1. The van der Waals surface area contributed by atoms with Crippen LogP contribution in [0.3, 0.4) is 0 Å². The third-order valence-corrected chi connectivity index (χ3v) is 5.78. The summed E-state index contributed by atoms with van der Waals surface area (Å²) in [6, 6.07) is 21.7. The third kappa shape index (κ3) is 4.69. The van der Waals surface area contributed by atoms with Crippen molar-refractivity contribution in [2.45, 2.75) is 30.4 Å². The van der Waals surface area contributed by atoms with Crippen molar-refractivity contribution in [1.82, 2.24) is 9.38 Å². The fourth-order valence-electron chi connectivity index (χ4n) is 3.23. The summed E-state index contributed by atoms with van der Waals surface area (Å²) in [7, 11) is 0. The standard InChI is InChI=1S/C24H23N3OS/c1-2-7-18-11-13-19(14-12-18)26-24(28)21-8-3-4-9-22(21)29-17-20-16-27-15-6-5-10-23(27)25-20/h3-6,8-16H,2,7,17H2,1H3,(H,26,28). The molecule has 0 aliphatic rings. The fourth-order valence-corrected chi connectivity index (χ4v) is 4.16. The van der Waals surface area contributed by atoms with E-state index in [2.05, 4.69) is 29.4 Å². The van der Waals surface area contributed by atoms with Gasteiger partial charge in [-0.05, 0) is 48.4 Å². The first-order valence-electron chi connectivity index (χ1n) is 9.77. The molecule has 29 heavy (non-hydrogen) atoms. The molecule has 146 valence electrons. The number of thioether (sulfide) groups is 1. The molecule has 1 amide bonds. The van der Waals surface area contributed by atoms with Crippen LogP contribution in [0.1, 0.15) is 35.0 Å². The van der Waals surface area contributed by atoms with Crippen molar-refractivity contribution < 1.29 is 4.79 Å². The largest absolute Gasteiger partial charge is 0.322 e. The van der Waals surface area contributed by atoms with Gasteiger partial charge in [-0.1, -0.05) is 43.7 Å². The summed E-state index contributed by atoms with van der Waals surface area (Å²) in [6.45, 7) is 2.16. The highest BCUT2D eigenvalue weighted by atomic mass is 32.2. The van der Waals surface area contributed by atoms with Crippen molar-refractivity contribution >= 4 is 29.0 Å². The lowest BCUT2D eigenvalue weighted by Gasteiger charge is -2.10. The average Bonchev–Trinajstić information content (AvgIpc) is 3.17. The van der Waals surface area contributed by atoms with Crippen LogP contribution in [0.25, 0.3) is 5.65 Å². The maximum Gasteiger partial charge on any atom is 0.256 e. The second-order valence-corrected chi connectivity index (χ2v) is 7.90. The highest BCUT2D eigenvalue weighted by Crippen LogP contribution is 2.27. The molecule has 0 fully saturated rings. The van der Waals surface area contributed by atoms with E-state index in [-0.39, 0.29) is 5.91 Å². The van der Waals surface area contributed by atoms with Gasteiger partial charge in [-0.3, -0.25) is 4.79 Å². The van der Waals surface area contributed by atoms with Crippen molar-refractivity contribution in [3.63, 3.8) is 0 Å². The van der Waals surface area contributed by atoms with E-state index in [1.807, 2.05) is 71.4 Å². The first-order chi connectivity index (χ1) is 14.2. The Hall–Kier alpha value is -3.05. The molecule has 4 aromatic rings. The molecule has 4 rings (SSSR count). The summed E-state index contributed by atoms with van der Waals surface area (Å²) < 4.78 is 2.01. The summed E-state index contributed by atoms with van der Waals surface area (Å²) in [6.07, 6.45) is 6.19. The average molecular weight is 402 g/mol. The van der Waals surface area contributed by atoms with Gasteiger partial charge in [-0.2, -0.15) is 0 Å². The molecule has 5 heteroatoms. The molecule has 4 nitrogen and oxygen atoms in total. The number of imidazole rings is 1. The lowest BCUT2D eigenvalue weighted by Crippen LogP contribution is -2.13. The molecule has 0 spiro atoms. The number of nitrogens with zero attached hydrogens (tertiary/aromatic N) is 2. The number of aromatic nitrogens is 2. The van der Waals surface area contributed by atoms with Crippen LogP contribution in [0.15, 0.2) is 84.0 Å². The first-order valence-corrected chi connectivity index (χ1v) is 10.8.